The molecule has 3 rings (SSSR count). The maximum atomic E-state index is 13.4. The molecule has 2 aromatic carbocycles. The van der Waals surface area contributed by atoms with E-state index in [2.05, 4.69) is 31.9 Å². The van der Waals surface area contributed by atoms with Crippen molar-refractivity contribution in [3.63, 3.8) is 0 Å². The largest absolute Gasteiger partial charge is 0.327 e. The summed E-state index contributed by atoms with van der Waals surface area (Å²) in [5.74, 6) is -2.60. The average Bonchev–Trinajstić information content (AvgIpc) is 2.58. The van der Waals surface area contributed by atoms with Gasteiger partial charge < -0.3 is 16.0 Å². The Morgan fingerprint density at radius 1 is 1.12 bits per heavy atom. The smallest absolute Gasteiger partial charge is 0.319 e. The highest BCUT2D eigenvalue weighted by atomic mass is 79.9. The quantitative estimate of drug-likeness (QED) is 0.700. The molecule has 0 unspecified atom stereocenters. The van der Waals surface area contributed by atoms with Gasteiger partial charge in [-0.1, -0.05) is 28.1 Å². The number of allylic oxidation sites excluding steroid dienone is 1. The second kappa shape index (κ2) is 7.25. The lowest BCUT2D eigenvalue weighted by Gasteiger charge is -2.28. The summed E-state index contributed by atoms with van der Waals surface area (Å²) in [6.45, 7) is 1.60. The van der Waals surface area contributed by atoms with Crippen molar-refractivity contribution in [3.8, 4) is 0 Å². The fourth-order valence-corrected chi connectivity index (χ4v) is 2.94. The summed E-state index contributed by atoms with van der Waals surface area (Å²) in [7, 11) is 0. The van der Waals surface area contributed by atoms with Gasteiger partial charge in [-0.25, -0.2) is 13.6 Å². The number of carbonyl (C=O) groups is 2. The topological polar surface area (TPSA) is 70.2 Å². The maximum Gasteiger partial charge on any atom is 0.319 e. The Morgan fingerprint density at radius 3 is 2.46 bits per heavy atom. The van der Waals surface area contributed by atoms with Crippen LogP contribution in [0.3, 0.4) is 0 Å². The number of hydrogen-bond donors (Lipinski definition) is 3. The van der Waals surface area contributed by atoms with E-state index in [-0.39, 0.29) is 11.3 Å². The molecule has 8 heteroatoms. The number of rotatable bonds is 3. The van der Waals surface area contributed by atoms with E-state index < -0.39 is 29.6 Å². The van der Waals surface area contributed by atoms with Crippen LogP contribution in [0.25, 0.3) is 0 Å². The van der Waals surface area contributed by atoms with Crippen molar-refractivity contribution < 1.29 is 18.4 Å². The molecule has 0 radical (unpaired) electrons. The Morgan fingerprint density at radius 2 is 1.81 bits per heavy atom. The van der Waals surface area contributed by atoms with E-state index >= 15 is 0 Å². The summed E-state index contributed by atoms with van der Waals surface area (Å²) < 4.78 is 27.3. The first-order chi connectivity index (χ1) is 12.3. The first kappa shape index (κ1) is 18.1. The monoisotopic (exact) mass is 421 g/mol. The molecule has 1 aliphatic rings. The summed E-state index contributed by atoms with van der Waals surface area (Å²) in [6.07, 6.45) is 0. The Balaban J connectivity index is 1.93. The standard InChI is InChI=1S/C18H14BrF2N3O2/c1-9-15(17(25)23-12-6-7-13(20)14(21)8-12)16(24-18(26)22-9)10-2-4-11(19)5-3-10/h2-8,16H,1H3,(H,23,25)(H2,22,24,26)/t16-/m1/s1. The Labute approximate surface area is 156 Å². The van der Waals surface area contributed by atoms with Crippen LogP contribution < -0.4 is 16.0 Å². The molecule has 1 aliphatic heterocycles. The molecule has 1 atom stereocenters. The molecule has 1 heterocycles. The van der Waals surface area contributed by atoms with Crippen LogP contribution in [-0.4, -0.2) is 11.9 Å². The third-order valence-electron chi connectivity index (χ3n) is 3.89. The predicted octanol–water partition coefficient (Wildman–Crippen LogP) is 3.99. The highest BCUT2D eigenvalue weighted by Crippen LogP contribution is 2.28. The van der Waals surface area contributed by atoms with E-state index in [1.807, 2.05) is 0 Å². The summed E-state index contributed by atoms with van der Waals surface area (Å²) in [5, 5.41) is 7.79. The number of nitrogens with one attached hydrogen (secondary N) is 3. The normalized spacial score (nSPS) is 16.8. The Hall–Kier alpha value is -2.74. The van der Waals surface area contributed by atoms with Gasteiger partial charge in [0.2, 0.25) is 0 Å². The maximum absolute atomic E-state index is 13.4. The third kappa shape index (κ3) is 3.75. The van der Waals surface area contributed by atoms with E-state index in [4.69, 9.17) is 0 Å². The highest BCUT2D eigenvalue weighted by Gasteiger charge is 2.31. The second-order valence-electron chi connectivity index (χ2n) is 5.70. The number of benzene rings is 2. The number of carbonyl (C=O) groups excluding carboxylic acids is 2. The first-order valence-electron chi connectivity index (χ1n) is 7.65. The van der Waals surface area contributed by atoms with Crippen LogP contribution in [0.2, 0.25) is 0 Å². The Bertz CT molecular complexity index is 913. The van der Waals surface area contributed by atoms with Gasteiger partial charge in [0, 0.05) is 21.9 Å². The molecule has 0 spiro atoms. The molecule has 134 valence electrons. The van der Waals surface area contributed by atoms with Gasteiger partial charge in [-0.05, 0) is 36.8 Å². The minimum Gasteiger partial charge on any atom is -0.327 e. The molecule has 0 aromatic heterocycles. The van der Waals surface area contributed by atoms with Crippen molar-refractivity contribution in [2.24, 2.45) is 0 Å². The van der Waals surface area contributed by atoms with Crippen molar-refractivity contribution in [1.29, 1.82) is 0 Å². The average molecular weight is 422 g/mol. The van der Waals surface area contributed by atoms with Gasteiger partial charge in [-0.15, -0.1) is 0 Å². The third-order valence-corrected chi connectivity index (χ3v) is 4.42. The second-order valence-corrected chi connectivity index (χ2v) is 6.62. The van der Waals surface area contributed by atoms with Gasteiger partial charge in [-0.3, -0.25) is 4.79 Å². The highest BCUT2D eigenvalue weighted by molar-refractivity contribution is 9.10. The molecule has 0 saturated carbocycles. The molecule has 3 amide bonds. The van der Waals surface area contributed by atoms with Crippen molar-refractivity contribution in [2.75, 3.05) is 5.32 Å². The predicted molar refractivity (Wildman–Crippen MR) is 96.2 cm³/mol. The molecule has 5 nitrogen and oxygen atoms in total. The SMILES string of the molecule is CC1=C(C(=O)Nc2ccc(F)c(F)c2)[C@@H](c2ccc(Br)cc2)NC(=O)N1. The molecule has 0 aliphatic carbocycles. The zero-order valence-corrected chi connectivity index (χ0v) is 15.2. The van der Waals surface area contributed by atoms with Crippen LogP contribution in [-0.2, 0) is 4.79 Å². The van der Waals surface area contributed by atoms with Crippen LogP contribution in [0.4, 0.5) is 19.3 Å². The Kier molecular flexibility index (Phi) is 5.03. The van der Waals surface area contributed by atoms with Crippen LogP contribution in [0.15, 0.2) is 58.2 Å². The zero-order chi connectivity index (χ0) is 18.8. The van der Waals surface area contributed by atoms with Gasteiger partial charge in [0.05, 0.1) is 11.6 Å². The van der Waals surface area contributed by atoms with Crippen LogP contribution in [0, 0.1) is 11.6 Å². The number of hydrogen-bond acceptors (Lipinski definition) is 2. The molecule has 26 heavy (non-hydrogen) atoms. The van der Waals surface area contributed by atoms with Crippen LogP contribution in [0.1, 0.15) is 18.5 Å². The number of halogens is 3. The summed E-state index contributed by atoms with van der Waals surface area (Å²) in [4.78, 5) is 24.6. The minimum atomic E-state index is -1.06. The molecule has 0 bridgehead atoms. The summed E-state index contributed by atoms with van der Waals surface area (Å²) in [6, 6.07) is 9.12. The lowest BCUT2D eigenvalue weighted by atomic mass is 9.95. The lowest BCUT2D eigenvalue weighted by Crippen LogP contribution is -2.45. The van der Waals surface area contributed by atoms with Crippen molar-refractivity contribution in [2.45, 2.75) is 13.0 Å². The minimum absolute atomic E-state index is 0.112. The van der Waals surface area contributed by atoms with Gasteiger partial charge in [-0.2, -0.15) is 0 Å². The van der Waals surface area contributed by atoms with E-state index in [9.17, 15) is 18.4 Å². The summed E-state index contributed by atoms with van der Waals surface area (Å²) in [5.41, 5.74) is 1.47. The van der Waals surface area contributed by atoms with Gasteiger partial charge in [0.1, 0.15) is 0 Å². The summed E-state index contributed by atoms with van der Waals surface area (Å²) >= 11 is 3.34. The zero-order valence-electron chi connectivity index (χ0n) is 13.6. The van der Waals surface area contributed by atoms with Crippen molar-refractivity contribution in [1.82, 2.24) is 10.6 Å². The van der Waals surface area contributed by atoms with E-state index in [0.29, 0.717) is 11.3 Å². The molecular weight excluding hydrogens is 408 g/mol. The first-order valence-corrected chi connectivity index (χ1v) is 8.44. The molecule has 0 fully saturated rings. The lowest BCUT2D eigenvalue weighted by molar-refractivity contribution is -0.113. The van der Waals surface area contributed by atoms with Crippen LogP contribution >= 0.6 is 15.9 Å². The fourth-order valence-electron chi connectivity index (χ4n) is 2.67. The fraction of sp³-hybridized carbons (Fsp3) is 0.111. The number of urea groups is 1. The molecular formula is C18H14BrF2N3O2. The van der Waals surface area contributed by atoms with Crippen molar-refractivity contribution >= 4 is 33.6 Å². The van der Waals surface area contributed by atoms with Crippen molar-refractivity contribution in [3.05, 3.63) is 75.4 Å². The number of anilines is 1. The van der Waals surface area contributed by atoms with E-state index in [0.717, 1.165) is 16.6 Å². The molecule has 0 saturated heterocycles. The molecule has 3 N–H and O–H groups in total. The van der Waals surface area contributed by atoms with Gasteiger partial charge in [0.15, 0.2) is 11.6 Å². The number of amides is 3. The van der Waals surface area contributed by atoms with Crippen LogP contribution in [0.5, 0.6) is 0 Å². The van der Waals surface area contributed by atoms with Gasteiger partial charge >= 0.3 is 6.03 Å². The molecule has 2 aromatic rings. The van der Waals surface area contributed by atoms with E-state index in [1.165, 1.54) is 6.07 Å². The van der Waals surface area contributed by atoms with E-state index in [1.54, 1.807) is 31.2 Å². The van der Waals surface area contributed by atoms with Gasteiger partial charge in [0.25, 0.3) is 5.91 Å².